The lowest BCUT2D eigenvalue weighted by Crippen LogP contribution is -2.15. The minimum atomic E-state index is 0.536. The molecular weight excluding hydrogens is 238 g/mol. The van der Waals surface area contributed by atoms with Crippen LogP contribution in [-0.2, 0) is 6.42 Å². The SMILES string of the molecule is ON(/C=C1/C=CC=N1)CCc1c[nH]c2ccccc12. The Morgan fingerprint density at radius 3 is 3.05 bits per heavy atom. The third-order valence-corrected chi connectivity index (χ3v) is 3.14. The van der Waals surface area contributed by atoms with Crippen molar-refractivity contribution in [2.75, 3.05) is 6.54 Å². The second-order valence-corrected chi connectivity index (χ2v) is 4.46. The first-order valence-corrected chi connectivity index (χ1v) is 6.26. The number of para-hydroxylation sites is 1. The van der Waals surface area contributed by atoms with E-state index < -0.39 is 0 Å². The molecule has 96 valence electrons. The predicted molar refractivity (Wildman–Crippen MR) is 76.2 cm³/mol. The van der Waals surface area contributed by atoms with Gasteiger partial charge >= 0.3 is 0 Å². The normalized spacial score (nSPS) is 15.7. The van der Waals surface area contributed by atoms with Crippen LogP contribution in [0.4, 0.5) is 0 Å². The molecule has 0 fully saturated rings. The van der Waals surface area contributed by atoms with Crippen LogP contribution >= 0.6 is 0 Å². The molecule has 19 heavy (non-hydrogen) atoms. The van der Waals surface area contributed by atoms with Crippen LogP contribution in [0, 0.1) is 0 Å². The monoisotopic (exact) mass is 253 g/mol. The van der Waals surface area contributed by atoms with Gasteiger partial charge in [-0.15, -0.1) is 0 Å². The van der Waals surface area contributed by atoms with Gasteiger partial charge in [0.15, 0.2) is 0 Å². The van der Waals surface area contributed by atoms with Crippen LogP contribution < -0.4 is 0 Å². The number of hydrogen-bond acceptors (Lipinski definition) is 3. The van der Waals surface area contributed by atoms with Gasteiger partial charge in [0.25, 0.3) is 0 Å². The van der Waals surface area contributed by atoms with E-state index in [9.17, 15) is 5.21 Å². The molecule has 3 rings (SSSR count). The molecule has 0 saturated heterocycles. The summed E-state index contributed by atoms with van der Waals surface area (Å²) in [6.45, 7) is 0.536. The number of benzene rings is 1. The second kappa shape index (κ2) is 5.12. The van der Waals surface area contributed by atoms with E-state index in [1.54, 1.807) is 12.4 Å². The van der Waals surface area contributed by atoms with Gasteiger partial charge in [-0.05, 0) is 30.2 Å². The standard InChI is InChI=1S/C15H15N3O/c19-18(11-13-4-3-8-16-13)9-7-12-10-17-15-6-2-1-5-14(12)15/h1-6,8,10-11,17,19H,7,9H2/b13-11-. The number of aromatic amines is 1. The highest BCUT2D eigenvalue weighted by atomic mass is 16.5. The van der Waals surface area contributed by atoms with Crippen LogP contribution in [0.2, 0.25) is 0 Å². The van der Waals surface area contributed by atoms with Crippen LogP contribution in [0.15, 0.2) is 59.5 Å². The van der Waals surface area contributed by atoms with Gasteiger partial charge < -0.3 is 4.98 Å². The first-order chi connectivity index (χ1) is 9.33. The molecule has 0 spiro atoms. The van der Waals surface area contributed by atoms with Gasteiger partial charge in [-0.3, -0.25) is 15.3 Å². The summed E-state index contributed by atoms with van der Waals surface area (Å²) >= 11 is 0. The van der Waals surface area contributed by atoms with Crippen molar-refractivity contribution in [1.82, 2.24) is 10.0 Å². The molecule has 4 nitrogen and oxygen atoms in total. The maximum atomic E-state index is 9.82. The van der Waals surface area contributed by atoms with Crippen LogP contribution in [0.25, 0.3) is 10.9 Å². The number of fused-ring (bicyclic) bond motifs is 1. The van der Waals surface area contributed by atoms with Gasteiger partial charge in [0.05, 0.1) is 11.9 Å². The first-order valence-electron chi connectivity index (χ1n) is 6.26. The Hall–Kier alpha value is -2.33. The quantitative estimate of drug-likeness (QED) is 0.823. The lowest BCUT2D eigenvalue weighted by Gasteiger charge is -2.11. The molecule has 0 saturated carbocycles. The van der Waals surface area contributed by atoms with Crippen molar-refractivity contribution >= 4 is 17.1 Å². The van der Waals surface area contributed by atoms with Gasteiger partial charge in [0, 0.05) is 29.9 Å². The molecule has 1 aromatic heterocycles. The Labute approximate surface area is 111 Å². The van der Waals surface area contributed by atoms with E-state index in [-0.39, 0.29) is 0 Å². The number of H-pyrrole nitrogens is 1. The topological polar surface area (TPSA) is 51.6 Å². The average Bonchev–Trinajstić information content (AvgIpc) is 3.05. The number of nitrogens with one attached hydrogen (secondary N) is 1. The lowest BCUT2D eigenvalue weighted by atomic mass is 10.1. The molecule has 2 heterocycles. The van der Waals surface area contributed by atoms with Crippen LogP contribution in [-0.4, -0.2) is 28.0 Å². The number of aliphatic imine (C=N–C) groups is 1. The molecule has 2 N–H and O–H groups in total. The Kier molecular flexibility index (Phi) is 3.16. The zero-order valence-corrected chi connectivity index (χ0v) is 10.5. The average molecular weight is 253 g/mol. The van der Waals surface area contributed by atoms with Gasteiger partial charge in [0.1, 0.15) is 0 Å². The molecule has 0 radical (unpaired) electrons. The van der Waals surface area contributed by atoms with Crippen molar-refractivity contribution in [3.05, 3.63) is 60.1 Å². The molecular formula is C15H15N3O. The third-order valence-electron chi connectivity index (χ3n) is 3.14. The maximum absolute atomic E-state index is 9.82. The number of aromatic nitrogens is 1. The van der Waals surface area contributed by atoms with Crippen molar-refractivity contribution in [3.8, 4) is 0 Å². The van der Waals surface area contributed by atoms with E-state index in [1.165, 1.54) is 16.0 Å². The summed E-state index contributed by atoms with van der Waals surface area (Å²) in [7, 11) is 0. The minimum absolute atomic E-state index is 0.536. The predicted octanol–water partition coefficient (Wildman–Crippen LogP) is 2.88. The number of nitrogens with zero attached hydrogens (tertiary/aromatic N) is 2. The van der Waals surface area contributed by atoms with Crippen LogP contribution in [0.3, 0.4) is 0 Å². The molecule has 0 aliphatic carbocycles. The van der Waals surface area contributed by atoms with Crippen LogP contribution in [0.1, 0.15) is 5.56 Å². The van der Waals surface area contributed by atoms with E-state index in [0.29, 0.717) is 6.54 Å². The minimum Gasteiger partial charge on any atom is -0.361 e. The highest BCUT2D eigenvalue weighted by molar-refractivity contribution is 5.83. The zero-order chi connectivity index (χ0) is 13.1. The van der Waals surface area contributed by atoms with E-state index in [2.05, 4.69) is 22.1 Å². The molecule has 1 aliphatic rings. The van der Waals surface area contributed by atoms with Gasteiger partial charge in [-0.2, -0.15) is 0 Å². The largest absolute Gasteiger partial charge is 0.361 e. The first kappa shape index (κ1) is 11.7. The Morgan fingerprint density at radius 1 is 1.32 bits per heavy atom. The Bertz CT molecular complexity index is 653. The second-order valence-electron chi connectivity index (χ2n) is 4.46. The van der Waals surface area contributed by atoms with Crippen molar-refractivity contribution in [1.29, 1.82) is 0 Å². The molecule has 0 atom stereocenters. The fourth-order valence-corrected chi connectivity index (χ4v) is 2.18. The molecule has 1 aromatic carbocycles. The third kappa shape index (κ3) is 2.58. The fraction of sp³-hybridized carbons (Fsp3) is 0.133. The van der Waals surface area contributed by atoms with Crippen molar-refractivity contribution in [2.24, 2.45) is 4.99 Å². The maximum Gasteiger partial charge on any atom is 0.0813 e. The van der Waals surface area contributed by atoms with Crippen molar-refractivity contribution in [2.45, 2.75) is 6.42 Å². The summed E-state index contributed by atoms with van der Waals surface area (Å²) < 4.78 is 0. The van der Waals surface area contributed by atoms with Crippen molar-refractivity contribution < 1.29 is 5.21 Å². The Balaban J connectivity index is 1.67. The number of rotatable bonds is 4. The van der Waals surface area contributed by atoms with Crippen molar-refractivity contribution in [3.63, 3.8) is 0 Å². The Morgan fingerprint density at radius 2 is 2.21 bits per heavy atom. The summed E-state index contributed by atoms with van der Waals surface area (Å²) in [5.74, 6) is 0. The molecule has 0 unspecified atom stereocenters. The highest BCUT2D eigenvalue weighted by Gasteiger charge is 2.05. The number of allylic oxidation sites excluding steroid dienone is 2. The molecule has 4 heteroatoms. The van der Waals surface area contributed by atoms with E-state index in [1.807, 2.05) is 30.5 Å². The summed E-state index contributed by atoms with van der Waals surface area (Å²) in [4.78, 5) is 7.32. The number of hydrogen-bond donors (Lipinski definition) is 2. The van der Waals surface area contributed by atoms with E-state index >= 15 is 0 Å². The summed E-state index contributed by atoms with van der Waals surface area (Å²) in [6, 6.07) is 8.17. The van der Waals surface area contributed by atoms with Gasteiger partial charge in [-0.25, -0.2) is 0 Å². The summed E-state index contributed by atoms with van der Waals surface area (Å²) in [6.07, 6.45) is 9.82. The highest BCUT2D eigenvalue weighted by Crippen LogP contribution is 2.18. The van der Waals surface area contributed by atoms with E-state index in [0.717, 1.165) is 17.6 Å². The fourth-order valence-electron chi connectivity index (χ4n) is 2.18. The van der Waals surface area contributed by atoms with E-state index in [4.69, 9.17) is 0 Å². The summed E-state index contributed by atoms with van der Waals surface area (Å²) in [5.41, 5.74) is 3.10. The molecule has 2 aromatic rings. The molecule has 0 bridgehead atoms. The van der Waals surface area contributed by atoms with Crippen LogP contribution in [0.5, 0.6) is 0 Å². The smallest absolute Gasteiger partial charge is 0.0813 e. The van der Waals surface area contributed by atoms with Gasteiger partial charge in [0.2, 0.25) is 0 Å². The lowest BCUT2D eigenvalue weighted by molar-refractivity contribution is -0.0400. The summed E-state index contributed by atoms with van der Waals surface area (Å²) in [5, 5.41) is 12.2. The number of hydroxylamine groups is 2. The molecule has 1 aliphatic heterocycles. The zero-order valence-electron chi connectivity index (χ0n) is 10.5. The molecule has 0 amide bonds. The van der Waals surface area contributed by atoms with Gasteiger partial charge in [-0.1, -0.05) is 18.2 Å².